The lowest BCUT2D eigenvalue weighted by atomic mass is 10.0. The van der Waals surface area contributed by atoms with Crippen molar-refractivity contribution >= 4 is 29.1 Å². The quantitative estimate of drug-likeness (QED) is 0.889. The fourth-order valence-electron chi connectivity index (χ4n) is 2.12. The van der Waals surface area contributed by atoms with Gasteiger partial charge in [-0.1, -0.05) is 25.4 Å². The monoisotopic (exact) mass is 326 g/mol. The molecule has 1 aliphatic rings. The fraction of sp³-hybridized carbons (Fsp3) is 0.467. The summed E-state index contributed by atoms with van der Waals surface area (Å²) in [4.78, 5) is 23.6. The van der Waals surface area contributed by atoms with E-state index in [-0.39, 0.29) is 17.7 Å². The van der Waals surface area contributed by atoms with Crippen LogP contribution in [0, 0.1) is 5.92 Å². The molecule has 7 heteroatoms. The molecule has 1 aromatic rings. The number of hydrogen-bond acceptors (Lipinski definition) is 4. The maximum atomic E-state index is 12.4. The summed E-state index contributed by atoms with van der Waals surface area (Å²) in [6.07, 6.45) is 0. The number of benzene rings is 1. The molecular formula is C15H19ClN2O4. The summed E-state index contributed by atoms with van der Waals surface area (Å²) < 4.78 is 10.9. The summed E-state index contributed by atoms with van der Waals surface area (Å²) in [5.41, 5.74) is 0.423. The van der Waals surface area contributed by atoms with E-state index in [1.165, 1.54) is 6.92 Å². The van der Waals surface area contributed by atoms with Crippen LogP contribution < -0.4 is 20.1 Å². The van der Waals surface area contributed by atoms with E-state index in [0.717, 1.165) is 0 Å². The minimum Gasteiger partial charge on any atom is -0.486 e. The number of anilines is 1. The molecule has 2 N–H and O–H groups in total. The standard InChI is InChI=1S/C15H19ClN2O4/c1-8(2)14(17-9(3)19)15(20)18-11-7-13-12(6-10(11)16)21-4-5-22-13/h6-8,14H,4-5H2,1-3H3,(H,17,19)(H,18,20). The average molecular weight is 327 g/mol. The molecule has 1 heterocycles. The summed E-state index contributed by atoms with van der Waals surface area (Å²) >= 11 is 6.16. The highest BCUT2D eigenvalue weighted by molar-refractivity contribution is 6.34. The first kappa shape index (κ1) is 16.4. The number of ether oxygens (including phenoxy) is 2. The van der Waals surface area contributed by atoms with Crippen molar-refractivity contribution in [2.24, 2.45) is 5.92 Å². The molecule has 0 bridgehead atoms. The van der Waals surface area contributed by atoms with Crippen molar-refractivity contribution in [2.75, 3.05) is 18.5 Å². The maximum Gasteiger partial charge on any atom is 0.247 e. The predicted octanol–water partition coefficient (Wildman–Crippen LogP) is 2.21. The Morgan fingerprint density at radius 1 is 1.18 bits per heavy atom. The van der Waals surface area contributed by atoms with Gasteiger partial charge in [-0.05, 0) is 5.92 Å². The Morgan fingerprint density at radius 3 is 2.32 bits per heavy atom. The number of halogens is 1. The molecule has 1 atom stereocenters. The topological polar surface area (TPSA) is 76.7 Å². The SMILES string of the molecule is CC(=O)NC(C(=O)Nc1cc2c(cc1Cl)OCCO2)C(C)C. The predicted molar refractivity (Wildman–Crippen MR) is 83.5 cm³/mol. The van der Waals surface area contributed by atoms with E-state index in [4.69, 9.17) is 21.1 Å². The van der Waals surface area contributed by atoms with Crippen molar-refractivity contribution in [1.29, 1.82) is 0 Å². The lowest BCUT2D eigenvalue weighted by Gasteiger charge is -2.23. The van der Waals surface area contributed by atoms with Gasteiger partial charge >= 0.3 is 0 Å². The van der Waals surface area contributed by atoms with Crippen LogP contribution in [0.4, 0.5) is 5.69 Å². The van der Waals surface area contributed by atoms with Crippen LogP contribution in [-0.2, 0) is 9.59 Å². The maximum absolute atomic E-state index is 12.4. The zero-order valence-electron chi connectivity index (χ0n) is 12.7. The largest absolute Gasteiger partial charge is 0.486 e. The Kier molecular flexibility index (Phi) is 5.13. The third kappa shape index (κ3) is 3.82. The number of amides is 2. The van der Waals surface area contributed by atoms with Crippen molar-refractivity contribution in [3.8, 4) is 11.5 Å². The molecule has 0 aromatic heterocycles. The second-order valence-corrected chi connectivity index (χ2v) is 5.79. The van der Waals surface area contributed by atoms with Gasteiger partial charge in [-0.2, -0.15) is 0 Å². The van der Waals surface area contributed by atoms with E-state index in [2.05, 4.69) is 10.6 Å². The van der Waals surface area contributed by atoms with Crippen molar-refractivity contribution in [3.05, 3.63) is 17.2 Å². The Bertz CT molecular complexity index is 589. The minimum atomic E-state index is -0.637. The molecular weight excluding hydrogens is 308 g/mol. The van der Waals surface area contributed by atoms with Crippen LogP contribution in [0.5, 0.6) is 11.5 Å². The van der Waals surface area contributed by atoms with Crippen LogP contribution in [0.3, 0.4) is 0 Å². The number of carbonyl (C=O) groups excluding carboxylic acids is 2. The molecule has 6 nitrogen and oxygen atoms in total. The molecule has 0 saturated carbocycles. The molecule has 0 saturated heterocycles. The number of hydrogen-bond donors (Lipinski definition) is 2. The third-order valence-electron chi connectivity index (χ3n) is 3.20. The molecule has 0 fully saturated rings. The van der Waals surface area contributed by atoms with Crippen LogP contribution in [0.1, 0.15) is 20.8 Å². The zero-order valence-corrected chi connectivity index (χ0v) is 13.5. The van der Waals surface area contributed by atoms with Crippen molar-refractivity contribution in [1.82, 2.24) is 5.32 Å². The summed E-state index contributed by atoms with van der Waals surface area (Å²) in [7, 11) is 0. The molecule has 22 heavy (non-hydrogen) atoms. The van der Waals surface area contributed by atoms with Gasteiger partial charge in [-0.15, -0.1) is 0 Å². The lowest BCUT2D eigenvalue weighted by molar-refractivity contribution is -0.126. The Hall–Kier alpha value is -1.95. The highest BCUT2D eigenvalue weighted by Gasteiger charge is 2.24. The molecule has 0 radical (unpaired) electrons. The second-order valence-electron chi connectivity index (χ2n) is 5.39. The average Bonchev–Trinajstić information content (AvgIpc) is 2.45. The summed E-state index contributed by atoms with van der Waals surface area (Å²) in [6.45, 7) is 5.99. The minimum absolute atomic E-state index is 0.0557. The van der Waals surface area contributed by atoms with Crippen LogP contribution in [0.15, 0.2) is 12.1 Å². The first-order valence-corrected chi connectivity index (χ1v) is 7.43. The van der Waals surface area contributed by atoms with Gasteiger partial charge < -0.3 is 20.1 Å². The van der Waals surface area contributed by atoms with Crippen LogP contribution >= 0.6 is 11.6 Å². The highest BCUT2D eigenvalue weighted by Crippen LogP contribution is 2.38. The molecule has 2 rings (SSSR count). The van der Waals surface area contributed by atoms with Gasteiger partial charge in [0, 0.05) is 19.1 Å². The van der Waals surface area contributed by atoms with Crippen LogP contribution in [0.25, 0.3) is 0 Å². The van der Waals surface area contributed by atoms with Gasteiger partial charge in [0.2, 0.25) is 11.8 Å². The number of rotatable bonds is 4. The molecule has 1 unspecified atom stereocenters. The number of nitrogens with one attached hydrogen (secondary N) is 2. The first-order valence-electron chi connectivity index (χ1n) is 7.05. The van der Waals surface area contributed by atoms with Gasteiger partial charge in [0.05, 0.1) is 10.7 Å². The molecule has 1 aromatic carbocycles. The highest BCUT2D eigenvalue weighted by atomic mass is 35.5. The zero-order chi connectivity index (χ0) is 16.3. The second kappa shape index (κ2) is 6.87. The summed E-state index contributed by atoms with van der Waals surface area (Å²) in [6, 6.07) is 2.59. The molecule has 2 amide bonds. The Labute approximate surface area is 134 Å². The van der Waals surface area contributed by atoms with Crippen molar-refractivity contribution in [3.63, 3.8) is 0 Å². The van der Waals surface area contributed by atoms with Gasteiger partial charge in [0.15, 0.2) is 11.5 Å². The van der Waals surface area contributed by atoms with Crippen molar-refractivity contribution in [2.45, 2.75) is 26.8 Å². The summed E-state index contributed by atoms with van der Waals surface area (Å²) in [5.74, 6) is 0.439. The molecule has 1 aliphatic heterocycles. The Morgan fingerprint density at radius 2 is 1.77 bits per heavy atom. The van der Waals surface area contributed by atoms with Gasteiger partial charge in [-0.3, -0.25) is 9.59 Å². The van der Waals surface area contributed by atoms with E-state index in [0.29, 0.717) is 35.4 Å². The van der Waals surface area contributed by atoms with Crippen LogP contribution in [0.2, 0.25) is 5.02 Å². The van der Waals surface area contributed by atoms with Gasteiger partial charge in [-0.25, -0.2) is 0 Å². The van der Waals surface area contributed by atoms with Gasteiger partial charge in [0.1, 0.15) is 19.3 Å². The normalized spacial score (nSPS) is 14.4. The Balaban J connectivity index is 2.18. The van der Waals surface area contributed by atoms with E-state index in [1.54, 1.807) is 12.1 Å². The molecule has 120 valence electrons. The van der Waals surface area contributed by atoms with E-state index >= 15 is 0 Å². The lowest BCUT2D eigenvalue weighted by Crippen LogP contribution is -2.46. The smallest absolute Gasteiger partial charge is 0.247 e. The van der Waals surface area contributed by atoms with E-state index in [1.807, 2.05) is 13.8 Å². The van der Waals surface area contributed by atoms with Crippen LogP contribution in [-0.4, -0.2) is 31.1 Å². The molecule has 0 aliphatic carbocycles. The first-order chi connectivity index (χ1) is 10.4. The van der Waals surface area contributed by atoms with E-state index < -0.39 is 6.04 Å². The molecule has 0 spiro atoms. The summed E-state index contributed by atoms with van der Waals surface area (Å²) in [5, 5.41) is 5.71. The fourth-order valence-corrected chi connectivity index (χ4v) is 2.33. The van der Waals surface area contributed by atoms with Crippen molar-refractivity contribution < 1.29 is 19.1 Å². The number of fused-ring (bicyclic) bond motifs is 1. The van der Waals surface area contributed by atoms with Gasteiger partial charge in [0.25, 0.3) is 0 Å². The third-order valence-corrected chi connectivity index (χ3v) is 3.51. The number of carbonyl (C=O) groups is 2. The van der Waals surface area contributed by atoms with E-state index in [9.17, 15) is 9.59 Å².